The minimum Gasteiger partial charge on any atom is -0.395 e. The van der Waals surface area contributed by atoms with Gasteiger partial charge in [-0.05, 0) is 13.0 Å². The van der Waals surface area contributed by atoms with Gasteiger partial charge in [0.05, 0.1) is 13.2 Å². The molecule has 17 heavy (non-hydrogen) atoms. The van der Waals surface area contributed by atoms with Crippen molar-refractivity contribution in [1.29, 1.82) is 0 Å². The molecule has 2 rings (SSSR count). The zero-order valence-electron chi connectivity index (χ0n) is 10.5. The van der Waals surface area contributed by atoms with Gasteiger partial charge in [0.15, 0.2) is 0 Å². The first-order valence-electron chi connectivity index (χ1n) is 6.40. The molecule has 0 amide bonds. The molecule has 0 aliphatic carbocycles. The zero-order chi connectivity index (χ0) is 12.1. The lowest BCUT2D eigenvalue weighted by Gasteiger charge is -2.28. The summed E-state index contributed by atoms with van der Waals surface area (Å²) in [5.74, 6) is 1.15. The Morgan fingerprint density at radius 2 is 2.41 bits per heavy atom. The fourth-order valence-electron chi connectivity index (χ4n) is 2.30. The minimum atomic E-state index is 0.219. The minimum absolute atomic E-state index is 0.219. The maximum absolute atomic E-state index is 9.21. The van der Waals surface area contributed by atoms with Gasteiger partial charge in [0.25, 0.3) is 0 Å². The summed E-state index contributed by atoms with van der Waals surface area (Å²) in [5, 5.41) is 12.5. The summed E-state index contributed by atoms with van der Waals surface area (Å²) in [4.78, 5) is 6.75. The van der Waals surface area contributed by atoms with Crippen molar-refractivity contribution in [3.8, 4) is 0 Å². The molecule has 0 saturated carbocycles. The first-order chi connectivity index (χ1) is 8.33. The average molecular weight is 238 g/mol. The number of nitrogens with zero attached hydrogens (tertiary/aromatic N) is 3. The maximum Gasteiger partial charge on any atom is 0.122 e. The monoisotopic (exact) mass is 238 g/mol. The van der Waals surface area contributed by atoms with E-state index < -0.39 is 0 Å². The van der Waals surface area contributed by atoms with E-state index in [4.69, 9.17) is 0 Å². The number of hydrogen-bond acceptors (Lipinski definition) is 4. The third-order valence-corrected chi connectivity index (χ3v) is 3.33. The van der Waals surface area contributed by atoms with E-state index in [2.05, 4.69) is 26.7 Å². The second kappa shape index (κ2) is 6.14. The Kier molecular flexibility index (Phi) is 4.53. The van der Waals surface area contributed by atoms with Gasteiger partial charge in [0, 0.05) is 38.1 Å². The van der Waals surface area contributed by atoms with Crippen LogP contribution in [0.3, 0.4) is 0 Å². The molecular weight excluding hydrogens is 216 g/mol. The molecule has 5 nitrogen and oxygen atoms in total. The summed E-state index contributed by atoms with van der Waals surface area (Å²) in [7, 11) is 0. The number of fused-ring (bicyclic) bond motifs is 1. The molecule has 1 atom stereocenters. The molecule has 2 N–H and O–H groups in total. The summed E-state index contributed by atoms with van der Waals surface area (Å²) in [5.41, 5.74) is 0. The van der Waals surface area contributed by atoms with Gasteiger partial charge in [-0.2, -0.15) is 0 Å². The predicted molar refractivity (Wildman–Crippen MR) is 66.7 cm³/mol. The molecular formula is C12H22N4O. The molecule has 5 heteroatoms. The van der Waals surface area contributed by atoms with Gasteiger partial charge in [-0.3, -0.25) is 4.90 Å². The van der Waals surface area contributed by atoms with Gasteiger partial charge in [-0.1, -0.05) is 6.92 Å². The van der Waals surface area contributed by atoms with Crippen LogP contribution in [0.5, 0.6) is 0 Å². The lowest BCUT2D eigenvalue weighted by Crippen LogP contribution is -2.39. The molecule has 0 radical (unpaired) electrons. The number of aromatic nitrogens is 2. The van der Waals surface area contributed by atoms with Gasteiger partial charge in [-0.25, -0.2) is 4.98 Å². The lowest BCUT2D eigenvalue weighted by molar-refractivity contribution is 0.182. The van der Waals surface area contributed by atoms with E-state index in [1.165, 1.54) is 0 Å². The number of aliphatic hydroxyl groups excluding tert-OH is 1. The van der Waals surface area contributed by atoms with Crippen LogP contribution in [0, 0.1) is 0 Å². The van der Waals surface area contributed by atoms with Gasteiger partial charge < -0.3 is 15.0 Å². The van der Waals surface area contributed by atoms with Crippen molar-refractivity contribution in [1.82, 2.24) is 19.8 Å². The summed E-state index contributed by atoms with van der Waals surface area (Å²) in [6.07, 6.45) is 4.90. The Hall–Kier alpha value is -0.910. The van der Waals surface area contributed by atoms with Gasteiger partial charge in [-0.15, -0.1) is 0 Å². The number of hydrogen-bond donors (Lipinski definition) is 2. The molecule has 1 aromatic heterocycles. The molecule has 0 spiro atoms. The van der Waals surface area contributed by atoms with E-state index in [0.29, 0.717) is 0 Å². The molecule has 0 bridgehead atoms. The van der Waals surface area contributed by atoms with E-state index in [1.54, 1.807) is 0 Å². The van der Waals surface area contributed by atoms with E-state index in [9.17, 15) is 5.11 Å². The number of likely N-dealkylation sites (N-methyl/N-ethyl adjacent to an activating group) is 1. The molecule has 1 aromatic rings. The van der Waals surface area contributed by atoms with Gasteiger partial charge in [0.1, 0.15) is 5.82 Å². The molecule has 0 saturated heterocycles. The Bertz CT molecular complexity index is 339. The molecule has 0 aromatic carbocycles. The van der Waals surface area contributed by atoms with Crippen LogP contribution in [0.25, 0.3) is 0 Å². The second-order valence-electron chi connectivity index (χ2n) is 4.54. The van der Waals surface area contributed by atoms with E-state index in [0.717, 1.165) is 45.0 Å². The topological polar surface area (TPSA) is 53.3 Å². The predicted octanol–water partition coefficient (Wildman–Crippen LogP) is 0.0592. The molecule has 1 aliphatic rings. The molecule has 0 fully saturated rings. The summed E-state index contributed by atoms with van der Waals surface area (Å²) in [6, 6.07) is 0.224. The van der Waals surface area contributed by atoms with Crippen LogP contribution >= 0.6 is 0 Å². The largest absolute Gasteiger partial charge is 0.395 e. The summed E-state index contributed by atoms with van der Waals surface area (Å²) < 4.78 is 2.21. The second-order valence-corrected chi connectivity index (χ2v) is 4.54. The SMILES string of the molecule is CCNC(CO)CCN1CCn2ccnc2C1. The van der Waals surface area contributed by atoms with E-state index >= 15 is 0 Å². The molecule has 96 valence electrons. The lowest BCUT2D eigenvalue weighted by atomic mass is 10.2. The highest BCUT2D eigenvalue weighted by Gasteiger charge is 2.17. The number of rotatable bonds is 6. The standard InChI is InChI=1S/C12H22N4O/c1-2-13-11(10-17)3-5-15-7-8-16-6-4-14-12(16)9-15/h4,6,11,13,17H,2-3,5,7-10H2,1H3. The van der Waals surface area contributed by atoms with Crippen molar-refractivity contribution in [3.05, 3.63) is 18.2 Å². The quantitative estimate of drug-likeness (QED) is 0.736. The van der Waals surface area contributed by atoms with Gasteiger partial charge >= 0.3 is 0 Å². The Morgan fingerprint density at radius 1 is 1.53 bits per heavy atom. The number of aliphatic hydroxyl groups is 1. The van der Waals surface area contributed by atoms with Crippen LogP contribution in [0.2, 0.25) is 0 Å². The first-order valence-corrected chi connectivity index (χ1v) is 6.40. The van der Waals surface area contributed by atoms with Crippen LogP contribution in [0.15, 0.2) is 12.4 Å². The normalized spacial score (nSPS) is 18.0. The number of imidazole rings is 1. The third-order valence-electron chi connectivity index (χ3n) is 3.33. The fourth-order valence-corrected chi connectivity index (χ4v) is 2.30. The highest BCUT2D eigenvalue weighted by Crippen LogP contribution is 2.10. The summed E-state index contributed by atoms with van der Waals surface area (Å²) >= 11 is 0. The average Bonchev–Trinajstić information content (AvgIpc) is 2.81. The summed E-state index contributed by atoms with van der Waals surface area (Å²) in [6.45, 7) is 7.25. The zero-order valence-corrected chi connectivity index (χ0v) is 10.5. The van der Waals surface area contributed by atoms with Crippen molar-refractivity contribution in [2.75, 3.05) is 26.2 Å². The van der Waals surface area contributed by atoms with Crippen LogP contribution in [0.4, 0.5) is 0 Å². The Morgan fingerprint density at radius 3 is 3.18 bits per heavy atom. The van der Waals surface area contributed by atoms with Crippen molar-refractivity contribution < 1.29 is 5.11 Å². The third kappa shape index (κ3) is 3.28. The van der Waals surface area contributed by atoms with Crippen LogP contribution < -0.4 is 5.32 Å². The van der Waals surface area contributed by atoms with Crippen molar-refractivity contribution >= 4 is 0 Å². The highest BCUT2D eigenvalue weighted by molar-refractivity contribution is 4.95. The van der Waals surface area contributed by atoms with Crippen LogP contribution in [-0.4, -0.2) is 51.8 Å². The first kappa shape index (κ1) is 12.5. The maximum atomic E-state index is 9.21. The smallest absolute Gasteiger partial charge is 0.122 e. The fraction of sp³-hybridized carbons (Fsp3) is 0.750. The van der Waals surface area contributed by atoms with Crippen LogP contribution in [-0.2, 0) is 13.1 Å². The number of nitrogens with one attached hydrogen (secondary N) is 1. The molecule has 1 unspecified atom stereocenters. The van der Waals surface area contributed by atoms with Crippen molar-refractivity contribution in [2.45, 2.75) is 32.5 Å². The van der Waals surface area contributed by atoms with Crippen molar-refractivity contribution in [3.63, 3.8) is 0 Å². The Balaban J connectivity index is 1.78. The Labute approximate surface area is 102 Å². The van der Waals surface area contributed by atoms with E-state index in [-0.39, 0.29) is 12.6 Å². The highest BCUT2D eigenvalue weighted by atomic mass is 16.3. The van der Waals surface area contributed by atoms with Crippen molar-refractivity contribution in [2.24, 2.45) is 0 Å². The van der Waals surface area contributed by atoms with Gasteiger partial charge in [0.2, 0.25) is 0 Å². The van der Waals surface area contributed by atoms with Crippen LogP contribution in [0.1, 0.15) is 19.2 Å². The molecule has 1 aliphatic heterocycles. The van der Waals surface area contributed by atoms with E-state index in [1.807, 2.05) is 12.4 Å². The molecule has 2 heterocycles.